The van der Waals surface area contributed by atoms with E-state index in [9.17, 15) is 0 Å². The first-order valence-corrected chi connectivity index (χ1v) is 3.18. The zero-order chi connectivity index (χ0) is 7.82. The van der Waals surface area contributed by atoms with Crippen LogP contribution >= 0.6 is 0 Å². The third-order valence-corrected chi connectivity index (χ3v) is 0.958. The molecule has 0 fully saturated rings. The van der Waals surface area contributed by atoms with Crippen LogP contribution in [0.1, 0.15) is 0 Å². The van der Waals surface area contributed by atoms with Gasteiger partial charge >= 0.3 is 0 Å². The Morgan fingerprint density at radius 3 is 2.80 bits per heavy atom. The standard InChI is InChI=1S/C8H14N2/c1-8(7-10-2)5-3-4-6-9/h3-6,10H,1,7,9H2,2H3/b5-3-,6-4-. The van der Waals surface area contributed by atoms with E-state index in [0.717, 1.165) is 12.1 Å². The quantitative estimate of drug-likeness (QED) is 0.564. The van der Waals surface area contributed by atoms with Crippen LogP contribution in [0.15, 0.2) is 36.6 Å². The SMILES string of the molecule is C=C(/C=C\C=C/N)CNC. The lowest BCUT2D eigenvalue weighted by atomic mass is 10.3. The first kappa shape index (κ1) is 8.98. The third-order valence-electron chi connectivity index (χ3n) is 0.958. The molecule has 0 saturated carbocycles. The van der Waals surface area contributed by atoms with Gasteiger partial charge in [-0.15, -0.1) is 0 Å². The molecule has 0 radical (unpaired) electrons. The van der Waals surface area contributed by atoms with E-state index in [1.807, 2.05) is 19.2 Å². The van der Waals surface area contributed by atoms with Gasteiger partial charge in [-0.2, -0.15) is 0 Å². The van der Waals surface area contributed by atoms with E-state index in [2.05, 4.69) is 11.9 Å². The van der Waals surface area contributed by atoms with Crippen LogP contribution in [0.25, 0.3) is 0 Å². The predicted molar refractivity (Wildman–Crippen MR) is 45.5 cm³/mol. The Balaban J connectivity index is 3.56. The molecule has 0 aromatic carbocycles. The fourth-order valence-electron chi connectivity index (χ4n) is 0.542. The molecule has 0 aliphatic rings. The first-order chi connectivity index (χ1) is 4.81. The summed E-state index contributed by atoms with van der Waals surface area (Å²) < 4.78 is 0. The Morgan fingerprint density at radius 2 is 2.30 bits per heavy atom. The number of nitrogens with one attached hydrogen (secondary N) is 1. The molecule has 0 aromatic heterocycles. The van der Waals surface area contributed by atoms with E-state index in [1.165, 1.54) is 6.20 Å². The van der Waals surface area contributed by atoms with E-state index in [1.54, 1.807) is 6.08 Å². The van der Waals surface area contributed by atoms with Gasteiger partial charge in [-0.25, -0.2) is 0 Å². The lowest BCUT2D eigenvalue weighted by Crippen LogP contribution is -2.08. The van der Waals surface area contributed by atoms with Gasteiger partial charge in [0.05, 0.1) is 0 Å². The largest absolute Gasteiger partial charge is 0.405 e. The normalized spacial score (nSPS) is 11.3. The van der Waals surface area contributed by atoms with Crippen molar-refractivity contribution in [2.45, 2.75) is 0 Å². The molecule has 56 valence electrons. The molecular formula is C8H14N2. The Bertz CT molecular complexity index is 145. The first-order valence-electron chi connectivity index (χ1n) is 3.18. The topological polar surface area (TPSA) is 38.0 Å². The Labute approximate surface area is 62.1 Å². The molecular weight excluding hydrogens is 124 g/mol. The monoisotopic (exact) mass is 138 g/mol. The second-order valence-electron chi connectivity index (χ2n) is 1.93. The lowest BCUT2D eigenvalue weighted by Gasteiger charge is -1.94. The average Bonchev–Trinajstić information content (AvgIpc) is 1.89. The number of allylic oxidation sites excluding steroid dienone is 2. The van der Waals surface area contributed by atoms with E-state index >= 15 is 0 Å². The van der Waals surface area contributed by atoms with Crippen molar-refractivity contribution in [1.82, 2.24) is 5.32 Å². The van der Waals surface area contributed by atoms with Crippen LogP contribution in [0.2, 0.25) is 0 Å². The summed E-state index contributed by atoms with van der Waals surface area (Å²) in [6, 6.07) is 0. The molecule has 3 N–H and O–H groups in total. The molecule has 0 unspecified atom stereocenters. The number of rotatable bonds is 4. The Morgan fingerprint density at radius 1 is 1.60 bits per heavy atom. The Hall–Kier alpha value is -1.02. The van der Waals surface area contributed by atoms with Gasteiger partial charge in [0.15, 0.2) is 0 Å². The van der Waals surface area contributed by atoms with Crippen LogP contribution in [-0.4, -0.2) is 13.6 Å². The number of hydrogen-bond acceptors (Lipinski definition) is 2. The van der Waals surface area contributed by atoms with Crippen molar-refractivity contribution < 1.29 is 0 Å². The van der Waals surface area contributed by atoms with Crippen LogP contribution < -0.4 is 11.1 Å². The summed E-state index contributed by atoms with van der Waals surface area (Å²) in [6.07, 6.45) is 7.03. The van der Waals surface area contributed by atoms with Gasteiger partial charge < -0.3 is 11.1 Å². The summed E-state index contributed by atoms with van der Waals surface area (Å²) in [5, 5.41) is 2.99. The molecule has 0 saturated heterocycles. The molecule has 2 nitrogen and oxygen atoms in total. The van der Waals surface area contributed by atoms with Crippen molar-refractivity contribution in [1.29, 1.82) is 0 Å². The van der Waals surface area contributed by atoms with Crippen LogP contribution in [0.5, 0.6) is 0 Å². The second-order valence-corrected chi connectivity index (χ2v) is 1.93. The smallest absolute Gasteiger partial charge is 0.0196 e. The average molecular weight is 138 g/mol. The van der Waals surface area contributed by atoms with Gasteiger partial charge in [-0.1, -0.05) is 18.7 Å². The molecule has 0 atom stereocenters. The highest BCUT2D eigenvalue weighted by Gasteiger charge is 1.80. The molecule has 2 heteroatoms. The number of hydrogen-bond donors (Lipinski definition) is 2. The molecule has 0 aromatic rings. The summed E-state index contributed by atoms with van der Waals surface area (Å²) in [7, 11) is 1.89. The van der Waals surface area contributed by atoms with Crippen molar-refractivity contribution >= 4 is 0 Å². The minimum atomic E-state index is 0.814. The van der Waals surface area contributed by atoms with Gasteiger partial charge in [0.2, 0.25) is 0 Å². The van der Waals surface area contributed by atoms with Crippen molar-refractivity contribution in [3.8, 4) is 0 Å². The van der Waals surface area contributed by atoms with Gasteiger partial charge in [-0.05, 0) is 24.9 Å². The maximum atomic E-state index is 5.11. The van der Waals surface area contributed by atoms with Crippen molar-refractivity contribution in [2.24, 2.45) is 5.73 Å². The van der Waals surface area contributed by atoms with E-state index in [0.29, 0.717) is 0 Å². The predicted octanol–water partition coefficient (Wildman–Crippen LogP) is 0.791. The summed E-state index contributed by atoms with van der Waals surface area (Å²) >= 11 is 0. The van der Waals surface area contributed by atoms with Crippen molar-refractivity contribution in [3.63, 3.8) is 0 Å². The van der Waals surface area contributed by atoms with Crippen molar-refractivity contribution in [2.75, 3.05) is 13.6 Å². The molecule has 10 heavy (non-hydrogen) atoms. The number of nitrogens with two attached hydrogens (primary N) is 1. The summed E-state index contributed by atoms with van der Waals surface area (Å²) in [5.41, 5.74) is 6.15. The molecule has 0 aliphatic heterocycles. The summed E-state index contributed by atoms with van der Waals surface area (Å²) in [5.74, 6) is 0. The highest BCUT2D eigenvalue weighted by Crippen LogP contribution is 1.89. The van der Waals surface area contributed by atoms with E-state index in [4.69, 9.17) is 5.73 Å². The molecule has 0 bridgehead atoms. The van der Waals surface area contributed by atoms with Gasteiger partial charge in [-0.3, -0.25) is 0 Å². The van der Waals surface area contributed by atoms with Gasteiger partial charge in [0.1, 0.15) is 0 Å². The van der Waals surface area contributed by atoms with Gasteiger partial charge in [0.25, 0.3) is 0 Å². The maximum absolute atomic E-state index is 5.11. The Kier molecular flexibility index (Phi) is 5.48. The van der Waals surface area contributed by atoms with Crippen LogP contribution in [0.3, 0.4) is 0 Å². The fourth-order valence-corrected chi connectivity index (χ4v) is 0.542. The molecule has 0 spiro atoms. The minimum Gasteiger partial charge on any atom is -0.405 e. The van der Waals surface area contributed by atoms with Crippen LogP contribution in [0, 0.1) is 0 Å². The third kappa shape index (κ3) is 5.12. The molecule has 0 amide bonds. The summed E-state index contributed by atoms with van der Waals surface area (Å²) in [4.78, 5) is 0. The van der Waals surface area contributed by atoms with E-state index < -0.39 is 0 Å². The molecule has 0 heterocycles. The van der Waals surface area contributed by atoms with Crippen LogP contribution in [-0.2, 0) is 0 Å². The van der Waals surface area contributed by atoms with E-state index in [-0.39, 0.29) is 0 Å². The minimum absolute atomic E-state index is 0.814. The van der Waals surface area contributed by atoms with Gasteiger partial charge in [0, 0.05) is 6.54 Å². The highest BCUT2D eigenvalue weighted by molar-refractivity contribution is 5.19. The van der Waals surface area contributed by atoms with Crippen molar-refractivity contribution in [3.05, 3.63) is 36.6 Å². The highest BCUT2D eigenvalue weighted by atomic mass is 14.8. The zero-order valence-corrected chi connectivity index (χ0v) is 6.30. The molecule has 0 rings (SSSR count). The lowest BCUT2D eigenvalue weighted by molar-refractivity contribution is 0.898. The molecule has 0 aliphatic carbocycles. The second kappa shape index (κ2) is 6.11. The summed E-state index contributed by atoms with van der Waals surface area (Å²) in [6.45, 7) is 4.61. The zero-order valence-electron chi connectivity index (χ0n) is 6.30. The van der Waals surface area contributed by atoms with Crippen LogP contribution in [0.4, 0.5) is 0 Å². The fraction of sp³-hybridized carbons (Fsp3) is 0.250. The maximum Gasteiger partial charge on any atom is 0.0196 e. The number of likely N-dealkylation sites (N-methyl/N-ethyl adjacent to an activating group) is 1.